The molecule has 0 saturated carbocycles. The zero-order valence-corrected chi connectivity index (χ0v) is 14.2. The molecule has 1 heterocycles. The molecule has 1 saturated heterocycles. The molecule has 2 amide bonds. The number of hydrogen-bond acceptors (Lipinski definition) is 5. The summed E-state index contributed by atoms with van der Waals surface area (Å²) in [6.45, 7) is 0.603. The standard InChI is InChI=1S/C20H20N2O4/c23-18-11-10-17(19(24)22-18)21-12-15-8-4-5-9-16(15)13-26-20(25)14-6-2-1-3-7-14/h1-9,17,21H,10-13H2,(H,22,23,24). The van der Waals surface area contributed by atoms with E-state index in [1.165, 1.54) is 0 Å². The fourth-order valence-electron chi connectivity index (χ4n) is 2.79. The molecule has 2 aromatic rings. The number of nitrogens with one attached hydrogen (secondary N) is 2. The molecule has 6 nitrogen and oxygen atoms in total. The first-order valence-electron chi connectivity index (χ1n) is 8.49. The first kappa shape index (κ1) is 17.8. The third-order valence-electron chi connectivity index (χ3n) is 4.26. The van der Waals surface area contributed by atoms with E-state index in [4.69, 9.17) is 4.74 Å². The molecule has 1 fully saturated rings. The van der Waals surface area contributed by atoms with E-state index in [1.54, 1.807) is 24.3 Å². The highest BCUT2D eigenvalue weighted by Gasteiger charge is 2.26. The van der Waals surface area contributed by atoms with Gasteiger partial charge in [0.1, 0.15) is 6.61 Å². The quantitative estimate of drug-likeness (QED) is 0.613. The summed E-state index contributed by atoms with van der Waals surface area (Å²) in [6, 6.07) is 16.0. The Bertz CT molecular complexity index is 804. The Labute approximate surface area is 151 Å². The lowest BCUT2D eigenvalue weighted by Crippen LogP contribution is -2.50. The van der Waals surface area contributed by atoms with Gasteiger partial charge in [0.05, 0.1) is 11.6 Å². The maximum absolute atomic E-state index is 12.1. The zero-order chi connectivity index (χ0) is 18.4. The van der Waals surface area contributed by atoms with Crippen molar-refractivity contribution < 1.29 is 19.1 Å². The molecule has 1 atom stereocenters. The molecule has 134 valence electrons. The third-order valence-corrected chi connectivity index (χ3v) is 4.26. The lowest BCUT2D eigenvalue weighted by atomic mass is 10.0. The average Bonchev–Trinajstić information content (AvgIpc) is 2.67. The Hall–Kier alpha value is -2.99. The predicted molar refractivity (Wildman–Crippen MR) is 95.0 cm³/mol. The van der Waals surface area contributed by atoms with E-state index in [0.717, 1.165) is 11.1 Å². The minimum Gasteiger partial charge on any atom is -0.457 e. The van der Waals surface area contributed by atoms with Gasteiger partial charge in [0.15, 0.2) is 0 Å². The second-order valence-corrected chi connectivity index (χ2v) is 6.10. The van der Waals surface area contributed by atoms with E-state index < -0.39 is 6.04 Å². The van der Waals surface area contributed by atoms with Crippen molar-refractivity contribution in [1.82, 2.24) is 10.6 Å². The molecule has 1 aliphatic rings. The van der Waals surface area contributed by atoms with Crippen LogP contribution in [0.3, 0.4) is 0 Å². The minimum atomic E-state index is -0.396. The summed E-state index contributed by atoms with van der Waals surface area (Å²) in [5, 5.41) is 5.49. The average molecular weight is 352 g/mol. The monoisotopic (exact) mass is 352 g/mol. The molecular weight excluding hydrogens is 332 g/mol. The van der Waals surface area contributed by atoms with Crippen LogP contribution in [-0.4, -0.2) is 23.8 Å². The largest absolute Gasteiger partial charge is 0.457 e. The fraction of sp³-hybridized carbons (Fsp3) is 0.250. The number of piperidine rings is 1. The first-order chi connectivity index (χ1) is 12.6. The van der Waals surface area contributed by atoms with Gasteiger partial charge in [-0.25, -0.2) is 4.79 Å². The molecule has 0 spiro atoms. The van der Waals surface area contributed by atoms with Crippen LogP contribution in [0.5, 0.6) is 0 Å². The van der Waals surface area contributed by atoms with Crippen molar-refractivity contribution in [3.05, 3.63) is 71.3 Å². The number of rotatable bonds is 6. The van der Waals surface area contributed by atoms with E-state index in [-0.39, 0.29) is 24.4 Å². The van der Waals surface area contributed by atoms with Crippen LogP contribution in [0.25, 0.3) is 0 Å². The molecule has 26 heavy (non-hydrogen) atoms. The normalized spacial score (nSPS) is 16.8. The maximum Gasteiger partial charge on any atom is 0.338 e. The number of hydrogen-bond donors (Lipinski definition) is 2. The summed E-state index contributed by atoms with van der Waals surface area (Å²) >= 11 is 0. The van der Waals surface area contributed by atoms with Crippen molar-refractivity contribution in [2.45, 2.75) is 32.0 Å². The van der Waals surface area contributed by atoms with Gasteiger partial charge < -0.3 is 10.1 Å². The summed E-state index contributed by atoms with van der Waals surface area (Å²) in [5.74, 6) is -0.908. The Morgan fingerprint density at radius 2 is 1.73 bits per heavy atom. The van der Waals surface area contributed by atoms with Gasteiger partial charge in [-0.1, -0.05) is 42.5 Å². The number of amides is 2. The molecular formula is C20H20N2O4. The molecule has 0 bridgehead atoms. The Morgan fingerprint density at radius 1 is 1.04 bits per heavy atom. The second-order valence-electron chi connectivity index (χ2n) is 6.10. The third kappa shape index (κ3) is 4.55. The van der Waals surface area contributed by atoms with Gasteiger partial charge in [0, 0.05) is 13.0 Å². The van der Waals surface area contributed by atoms with Crippen molar-refractivity contribution in [2.24, 2.45) is 0 Å². The molecule has 0 aliphatic carbocycles. The maximum atomic E-state index is 12.1. The topological polar surface area (TPSA) is 84.5 Å². The van der Waals surface area contributed by atoms with E-state index in [9.17, 15) is 14.4 Å². The number of ether oxygens (including phenoxy) is 1. The Morgan fingerprint density at radius 3 is 2.46 bits per heavy atom. The molecule has 0 radical (unpaired) electrons. The van der Waals surface area contributed by atoms with Crippen LogP contribution in [-0.2, 0) is 27.5 Å². The van der Waals surface area contributed by atoms with Crippen molar-refractivity contribution in [1.29, 1.82) is 0 Å². The van der Waals surface area contributed by atoms with E-state index in [1.807, 2.05) is 30.3 Å². The highest BCUT2D eigenvalue weighted by molar-refractivity contribution is 6.00. The molecule has 1 unspecified atom stereocenters. The highest BCUT2D eigenvalue weighted by atomic mass is 16.5. The molecule has 3 rings (SSSR count). The summed E-state index contributed by atoms with van der Waals surface area (Å²) in [5.41, 5.74) is 2.32. The van der Waals surface area contributed by atoms with Gasteiger partial charge in [-0.2, -0.15) is 0 Å². The highest BCUT2D eigenvalue weighted by Crippen LogP contribution is 2.13. The molecule has 0 aromatic heterocycles. The van der Waals surface area contributed by atoms with Crippen LogP contribution in [0.1, 0.15) is 34.3 Å². The predicted octanol–water partition coefficient (Wildman–Crippen LogP) is 1.94. The summed E-state index contributed by atoms with van der Waals surface area (Å²) < 4.78 is 5.39. The summed E-state index contributed by atoms with van der Waals surface area (Å²) in [7, 11) is 0. The van der Waals surface area contributed by atoms with Gasteiger partial charge in [-0.05, 0) is 29.7 Å². The number of carbonyl (C=O) groups excluding carboxylic acids is 3. The SMILES string of the molecule is O=C1CCC(NCc2ccccc2COC(=O)c2ccccc2)C(=O)N1. The van der Waals surface area contributed by atoms with E-state index >= 15 is 0 Å². The summed E-state index contributed by atoms with van der Waals surface area (Å²) in [4.78, 5) is 35.1. The lowest BCUT2D eigenvalue weighted by molar-refractivity contribution is -0.134. The smallest absolute Gasteiger partial charge is 0.338 e. The molecule has 2 N–H and O–H groups in total. The minimum absolute atomic E-state index is 0.154. The van der Waals surface area contributed by atoms with Crippen LogP contribution in [0, 0.1) is 0 Å². The molecule has 2 aromatic carbocycles. The van der Waals surface area contributed by atoms with Crippen molar-refractivity contribution in [3.8, 4) is 0 Å². The number of esters is 1. The van der Waals surface area contributed by atoms with Gasteiger partial charge in [0.25, 0.3) is 0 Å². The van der Waals surface area contributed by atoms with Crippen molar-refractivity contribution in [2.75, 3.05) is 0 Å². The number of benzene rings is 2. The second kappa shape index (κ2) is 8.40. The first-order valence-corrected chi connectivity index (χ1v) is 8.49. The van der Waals surface area contributed by atoms with Crippen LogP contribution in [0.2, 0.25) is 0 Å². The van der Waals surface area contributed by atoms with E-state index in [2.05, 4.69) is 10.6 Å². The van der Waals surface area contributed by atoms with E-state index in [0.29, 0.717) is 24.9 Å². The number of carbonyl (C=O) groups is 3. The molecule has 6 heteroatoms. The van der Waals surface area contributed by atoms with Crippen LogP contribution >= 0.6 is 0 Å². The zero-order valence-electron chi connectivity index (χ0n) is 14.2. The van der Waals surface area contributed by atoms with Crippen molar-refractivity contribution >= 4 is 17.8 Å². The van der Waals surface area contributed by atoms with Crippen LogP contribution in [0.15, 0.2) is 54.6 Å². The molecule has 1 aliphatic heterocycles. The van der Waals surface area contributed by atoms with Gasteiger partial charge in [-0.3, -0.25) is 14.9 Å². The van der Waals surface area contributed by atoms with Gasteiger partial charge in [-0.15, -0.1) is 0 Å². The van der Waals surface area contributed by atoms with Gasteiger partial charge >= 0.3 is 5.97 Å². The van der Waals surface area contributed by atoms with Crippen molar-refractivity contribution in [3.63, 3.8) is 0 Å². The summed E-state index contributed by atoms with van der Waals surface area (Å²) in [6.07, 6.45) is 0.815. The van der Waals surface area contributed by atoms with Crippen LogP contribution < -0.4 is 10.6 Å². The lowest BCUT2D eigenvalue weighted by Gasteiger charge is -2.22. The Kier molecular flexibility index (Phi) is 5.76. The number of imide groups is 1. The fourth-order valence-corrected chi connectivity index (χ4v) is 2.79. The van der Waals surface area contributed by atoms with Gasteiger partial charge in [0.2, 0.25) is 11.8 Å². The van der Waals surface area contributed by atoms with Crippen LogP contribution in [0.4, 0.5) is 0 Å². The Balaban J connectivity index is 1.58.